The predicted octanol–water partition coefficient (Wildman–Crippen LogP) is -0.428. The maximum absolute atomic E-state index is 10.7. The van der Waals surface area contributed by atoms with Crippen LogP contribution in [-0.4, -0.2) is 29.2 Å². The van der Waals surface area contributed by atoms with Crippen molar-refractivity contribution in [3.8, 4) is 0 Å². The van der Waals surface area contributed by atoms with E-state index >= 15 is 0 Å². The zero-order chi connectivity index (χ0) is 7.98. The fourth-order valence-corrected chi connectivity index (χ4v) is 1.22. The molecule has 1 atom stereocenters. The van der Waals surface area contributed by atoms with E-state index in [2.05, 4.69) is 0 Å². The van der Waals surface area contributed by atoms with Gasteiger partial charge in [-0.1, -0.05) is 0 Å². The van der Waals surface area contributed by atoms with E-state index in [0.717, 1.165) is 0 Å². The van der Waals surface area contributed by atoms with Gasteiger partial charge in [0.05, 0.1) is 5.25 Å². The van der Waals surface area contributed by atoms with Crippen LogP contribution < -0.4 is 11.2 Å². The Kier molecular flexibility index (Phi) is 5.38. The summed E-state index contributed by atoms with van der Waals surface area (Å²) in [4.78, 5) is 10.7. The van der Waals surface area contributed by atoms with Gasteiger partial charge in [-0.2, -0.15) is 11.8 Å². The molecule has 0 aliphatic carbocycles. The van der Waals surface area contributed by atoms with Crippen LogP contribution in [0.15, 0.2) is 0 Å². The molecule has 0 rings (SSSR count). The highest BCUT2D eigenvalue weighted by molar-refractivity contribution is 7.99. The molecule has 0 heterocycles. The molecule has 0 radical (unpaired) electrons. The molecule has 60 valence electrons. The maximum Gasteiger partial charge on any atom is 0.256 e. The third-order valence-corrected chi connectivity index (χ3v) is 2.13. The van der Waals surface area contributed by atoms with Gasteiger partial charge in [0.15, 0.2) is 0 Å². The lowest BCUT2D eigenvalue weighted by atomic mass is 10.3. The number of nitrogens with two attached hydrogens (primary N) is 1. The number of carbonyl (C=O) groups excluding carboxylic acids is 1. The number of carbonyl (C=O) groups is 1. The van der Waals surface area contributed by atoms with Crippen LogP contribution in [0.2, 0.25) is 0 Å². The van der Waals surface area contributed by atoms with Crippen LogP contribution in [0.4, 0.5) is 0 Å². The second kappa shape index (κ2) is 5.52. The molecule has 0 fully saturated rings. The number of hydrogen-bond donors (Lipinski definition) is 3. The van der Waals surface area contributed by atoms with E-state index in [1.807, 2.05) is 0 Å². The van der Waals surface area contributed by atoms with Gasteiger partial charge in [0.1, 0.15) is 0 Å². The monoisotopic (exact) mass is 164 g/mol. The lowest BCUT2D eigenvalue weighted by Crippen LogP contribution is -2.31. The molecule has 4 N–H and O–H groups in total. The molecule has 5 heteroatoms. The second-order valence-electron chi connectivity index (χ2n) is 1.78. The van der Waals surface area contributed by atoms with E-state index in [0.29, 0.717) is 13.0 Å². The second-order valence-corrected chi connectivity index (χ2v) is 2.82. The molecule has 0 bridgehead atoms. The summed E-state index contributed by atoms with van der Waals surface area (Å²) in [6, 6.07) is 0. The van der Waals surface area contributed by atoms with E-state index in [4.69, 9.17) is 10.9 Å². The van der Waals surface area contributed by atoms with Gasteiger partial charge in [-0.3, -0.25) is 10.0 Å². The van der Waals surface area contributed by atoms with E-state index in [9.17, 15) is 4.79 Å². The van der Waals surface area contributed by atoms with Gasteiger partial charge in [0.2, 0.25) is 0 Å². The smallest absolute Gasteiger partial charge is 0.256 e. The van der Waals surface area contributed by atoms with Crippen molar-refractivity contribution in [2.24, 2.45) is 5.73 Å². The molecule has 0 saturated heterocycles. The summed E-state index contributed by atoms with van der Waals surface area (Å²) in [7, 11) is 0. The highest BCUT2D eigenvalue weighted by Crippen LogP contribution is 2.09. The minimum atomic E-state index is -0.377. The van der Waals surface area contributed by atoms with Gasteiger partial charge >= 0.3 is 0 Å². The molecular formula is C5H12N2O2S. The topological polar surface area (TPSA) is 75.4 Å². The van der Waals surface area contributed by atoms with Crippen LogP contribution in [0.25, 0.3) is 0 Å². The Bertz CT molecular complexity index is 110. The van der Waals surface area contributed by atoms with Crippen molar-refractivity contribution in [3.05, 3.63) is 0 Å². The van der Waals surface area contributed by atoms with Gasteiger partial charge in [0, 0.05) is 0 Å². The fraction of sp³-hybridized carbons (Fsp3) is 0.800. The van der Waals surface area contributed by atoms with Gasteiger partial charge < -0.3 is 5.73 Å². The normalized spacial score (nSPS) is 12.7. The van der Waals surface area contributed by atoms with Crippen LogP contribution in [0.5, 0.6) is 0 Å². The number of hydroxylamine groups is 1. The number of rotatable bonds is 4. The Hall–Kier alpha value is -0.260. The molecule has 0 aromatic heterocycles. The molecule has 0 aromatic carbocycles. The van der Waals surface area contributed by atoms with Crippen LogP contribution >= 0.6 is 11.8 Å². The Morgan fingerprint density at radius 1 is 1.90 bits per heavy atom. The standard InChI is InChI=1S/C5H12N2O2S/c1-10-4(2-3-6)5(8)7-9/h4,9H,2-3,6H2,1H3,(H,7,8). The lowest BCUT2D eigenvalue weighted by Gasteiger charge is -2.09. The summed E-state index contributed by atoms with van der Waals surface area (Å²) in [5, 5.41) is 7.98. The minimum absolute atomic E-state index is 0.227. The minimum Gasteiger partial charge on any atom is -0.330 e. The lowest BCUT2D eigenvalue weighted by molar-refractivity contribution is -0.128. The number of thioether (sulfide) groups is 1. The summed E-state index contributed by atoms with van der Waals surface area (Å²) in [6.07, 6.45) is 2.39. The Morgan fingerprint density at radius 3 is 2.80 bits per heavy atom. The first kappa shape index (κ1) is 9.74. The molecule has 10 heavy (non-hydrogen) atoms. The summed E-state index contributed by atoms with van der Waals surface area (Å²) >= 11 is 1.38. The fourth-order valence-electron chi connectivity index (χ4n) is 0.579. The molecule has 0 aliphatic rings. The van der Waals surface area contributed by atoms with E-state index in [1.54, 1.807) is 11.7 Å². The van der Waals surface area contributed by atoms with Crippen LogP contribution in [0.3, 0.4) is 0 Å². The maximum atomic E-state index is 10.7. The van der Waals surface area contributed by atoms with Gasteiger partial charge in [0.25, 0.3) is 5.91 Å². The summed E-state index contributed by atoms with van der Waals surface area (Å²) in [5.74, 6) is -0.377. The summed E-state index contributed by atoms with van der Waals surface area (Å²) in [5.41, 5.74) is 6.81. The van der Waals surface area contributed by atoms with Gasteiger partial charge in [-0.05, 0) is 19.2 Å². The molecular weight excluding hydrogens is 152 g/mol. The molecule has 0 spiro atoms. The summed E-state index contributed by atoms with van der Waals surface area (Å²) < 4.78 is 0. The molecule has 4 nitrogen and oxygen atoms in total. The highest BCUT2D eigenvalue weighted by atomic mass is 32.2. The van der Waals surface area contributed by atoms with Crippen molar-refractivity contribution >= 4 is 17.7 Å². The SMILES string of the molecule is CSC(CCN)C(=O)NO. The molecule has 0 saturated carbocycles. The van der Waals surface area contributed by atoms with Crippen molar-refractivity contribution in [2.75, 3.05) is 12.8 Å². The highest BCUT2D eigenvalue weighted by Gasteiger charge is 2.14. The van der Waals surface area contributed by atoms with Gasteiger partial charge in [-0.25, -0.2) is 5.48 Å². The van der Waals surface area contributed by atoms with Crippen molar-refractivity contribution < 1.29 is 10.0 Å². The van der Waals surface area contributed by atoms with Crippen molar-refractivity contribution in [3.63, 3.8) is 0 Å². The average Bonchev–Trinajstić information content (AvgIpc) is 1.99. The number of hydrogen-bond acceptors (Lipinski definition) is 4. The van der Waals surface area contributed by atoms with Crippen molar-refractivity contribution in [1.29, 1.82) is 0 Å². The predicted molar refractivity (Wildman–Crippen MR) is 40.9 cm³/mol. The first-order valence-electron chi connectivity index (χ1n) is 2.93. The molecule has 0 aromatic rings. The molecule has 0 aliphatic heterocycles. The molecule has 1 amide bonds. The van der Waals surface area contributed by atoms with E-state index in [-0.39, 0.29) is 11.2 Å². The molecule has 1 unspecified atom stereocenters. The zero-order valence-electron chi connectivity index (χ0n) is 5.83. The number of amides is 1. The first-order chi connectivity index (χ1) is 4.76. The number of nitrogens with one attached hydrogen (secondary N) is 1. The Labute approximate surface area is 64.1 Å². The Morgan fingerprint density at radius 2 is 2.50 bits per heavy atom. The van der Waals surface area contributed by atoms with Crippen molar-refractivity contribution in [2.45, 2.75) is 11.7 Å². The van der Waals surface area contributed by atoms with E-state index < -0.39 is 0 Å². The van der Waals surface area contributed by atoms with Gasteiger partial charge in [-0.15, -0.1) is 0 Å². The average molecular weight is 164 g/mol. The zero-order valence-corrected chi connectivity index (χ0v) is 6.65. The van der Waals surface area contributed by atoms with Crippen molar-refractivity contribution in [1.82, 2.24) is 5.48 Å². The van der Waals surface area contributed by atoms with E-state index in [1.165, 1.54) is 11.8 Å². The first-order valence-corrected chi connectivity index (χ1v) is 4.21. The summed E-state index contributed by atoms with van der Waals surface area (Å²) in [6.45, 7) is 0.457. The third kappa shape index (κ3) is 3.05. The van der Waals surface area contributed by atoms with Crippen LogP contribution in [0.1, 0.15) is 6.42 Å². The quantitative estimate of drug-likeness (QED) is 0.389. The van der Waals surface area contributed by atoms with Crippen LogP contribution in [-0.2, 0) is 4.79 Å². The van der Waals surface area contributed by atoms with Crippen LogP contribution in [0, 0.1) is 0 Å². The third-order valence-electron chi connectivity index (χ3n) is 1.12. The Balaban J connectivity index is 3.68. The largest absolute Gasteiger partial charge is 0.330 e.